The van der Waals surface area contributed by atoms with Crippen molar-refractivity contribution in [3.05, 3.63) is 59.7 Å². The van der Waals surface area contributed by atoms with Gasteiger partial charge in [0.2, 0.25) is 5.91 Å². The molecule has 1 amide bonds. The van der Waals surface area contributed by atoms with E-state index in [1.165, 1.54) is 0 Å². The first kappa shape index (κ1) is 18.2. The number of benzene rings is 2. The number of hydrogen-bond donors (Lipinski definition) is 1. The highest BCUT2D eigenvalue weighted by molar-refractivity contribution is 5.79. The topological polar surface area (TPSA) is 56.1 Å². The quantitative estimate of drug-likeness (QED) is 0.916. The van der Waals surface area contributed by atoms with Gasteiger partial charge in [0, 0.05) is 5.92 Å². The van der Waals surface area contributed by atoms with E-state index >= 15 is 0 Å². The first-order chi connectivity index (χ1) is 12.6. The normalized spacial score (nSPS) is 16.7. The zero-order valence-corrected chi connectivity index (χ0v) is 15.4. The highest BCUT2D eigenvalue weighted by atomic mass is 16.1. The zero-order chi connectivity index (χ0) is 18.5. The summed E-state index contributed by atoms with van der Waals surface area (Å²) in [6.07, 6.45) is 1.87. The van der Waals surface area contributed by atoms with Gasteiger partial charge in [-0.05, 0) is 68.7 Å². The molecule has 1 N–H and O–H groups in total. The van der Waals surface area contributed by atoms with Crippen molar-refractivity contribution in [2.45, 2.75) is 25.8 Å². The number of nitriles is 1. The summed E-state index contributed by atoms with van der Waals surface area (Å²) in [5, 5.41) is 12.2. The van der Waals surface area contributed by atoms with Gasteiger partial charge in [0.1, 0.15) is 0 Å². The van der Waals surface area contributed by atoms with Gasteiger partial charge < -0.3 is 10.2 Å². The summed E-state index contributed by atoms with van der Waals surface area (Å²) in [6, 6.07) is 17.9. The molecule has 26 heavy (non-hydrogen) atoms. The average molecular weight is 347 g/mol. The molecule has 1 aliphatic rings. The number of carbonyl (C=O) groups is 1. The number of likely N-dealkylation sites (tertiary alicyclic amines) is 1. The molecule has 0 bridgehead atoms. The fourth-order valence-corrected chi connectivity index (χ4v) is 3.42. The van der Waals surface area contributed by atoms with Crippen LogP contribution in [-0.4, -0.2) is 30.9 Å². The molecule has 1 fully saturated rings. The van der Waals surface area contributed by atoms with Crippen molar-refractivity contribution in [2.24, 2.45) is 5.92 Å². The van der Waals surface area contributed by atoms with Crippen molar-refractivity contribution in [3.63, 3.8) is 0 Å². The SMILES string of the molecule is CC(NC(=O)C1CCN(C)CC1)c1ccc(-c2cccc(C#N)c2)cc1. The highest BCUT2D eigenvalue weighted by Crippen LogP contribution is 2.24. The molecule has 1 unspecified atom stereocenters. The minimum Gasteiger partial charge on any atom is -0.349 e. The van der Waals surface area contributed by atoms with Gasteiger partial charge in [-0.2, -0.15) is 5.26 Å². The molecule has 1 saturated heterocycles. The fourth-order valence-electron chi connectivity index (χ4n) is 3.42. The molecule has 1 aliphatic heterocycles. The maximum absolute atomic E-state index is 12.5. The van der Waals surface area contributed by atoms with Gasteiger partial charge >= 0.3 is 0 Å². The Morgan fingerprint density at radius 2 is 1.85 bits per heavy atom. The Morgan fingerprint density at radius 3 is 2.50 bits per heavy atom. The third-order valence-corrected chi connectivity index (χ3v) is 5.18. The molecule has 3 rings (SSSR count). The summed E-state index contributed by atoms with van der Waals surface area (Å²) in [6.45, 7) is 4.00. The van der Waals surface area contributed by atoms with E-state index in [1.54, 1.807) is 6.07 Å². The van der Waals surface area contributed by atoms with Gasteiger partial charge in [-0.15, -0.1) is 0 Å². The van der Waals surface area contributed by atoms with Crippen LogP contribution < -0.4 is 5.32 Å². The number of nitrogens with zero attached hydrogens (tertiary/aromatic N) is 2. The second-order valence-corrected chi connectivity index (χ2v) is 7.12. The van der Waals surface area contributed by atoms with Crippen LogP contribution in [0, 0.1) is 17.2 Å². The lowest BCUT2D eigenvalue weighted by atomic mass is 9.95. The predicted octanol–water partition coefficient (Wildman–Crippen LogP) is 3.74. The molecule has 4 heteroatoms. The average Bonchev–Trinajstić information content (AvgIpc) is 2.68. The van der Waals surface area contributed by atoms with Crippen LogP contribution in [0.25, 0.3) is 11.1 Å². The van der Waals surface area contributed by atoms with Crippen molar-refractivity contribution in [3.8, 4) is 17.2 Å². The molecule has 4 nitrogen and oxygen atoms in total. The van der Waals surface area contributed by atoms with Crippen LogP contribution in [0.5, 0.6) is 0 Å². The second kappa shape index (κ2) is 8.16. The number of amides is 1. The molecule has 1 atom stereocenters. The van der Waals surface area contributed by atoms with E-state index in [0.29, 0.717) is 5.56 Å². The van der Waals surface area contributed by atoms with Crippen molar-refractivity contribution in [1.29, 1.82) is 5.26 Å². The van der Waals surface area contributed by atoms with E-state index < -0.39 is 0 Å². The highest BCUT2D eigenvalue weighted by Gasteiger charge is 2.24. The molecular weight excluding hydrogens is 322 g/mol. The molecule has 134 valence electrons. The van der Waals surface area contributed by atoms with Crippen molar-refractivity contribution in [2.75, 3.05) is 20.1 Å². The lowest BCUT2D eigenvalue weighted by molar-refractivity contribution is -0.127. The Kier molecular flexibility index (Phi) is 5.70. The maximum atomic E-state index is 12.5. The largest absolute Gasteiger partial charge is 0.349 e. The molecular formula is C22H25N3O. The molecule has 2 aromatic carbocycles. The Hall–Kier alpha value is -2.64. The predicted molar refractivity (Wildman–Crippen MR) is 103 cm³/mol. The molecule has 2 aromatic rings. The molecule has 1 heterocycles. The summed E-state index contributed by atoms with van der Waals surface area (Å²) >= 11 is 0. The van der Waals surface area contributed by atoms with Crippen LogP contribution in [0.4, 0.5) is 0 Å². The standard InChI is InChI=1S/C22H25N3O/c1-16(24-22(26)20-10-12-25(2)13-11-20)18-6-8-19(9-7-18)21-5-3-4-17(14-21)15-23/h3-9,14,16,20H,10-13H2,1-2H3,(H,24,26). The first-order valence-electron chi connectivity index (χ1n) is 9.16. The minimum atomic E-state index is -0.0124. The molecule has 0 saturated carbocycles. The van der Waals surface area contributed by atoms with Gasteiger partial charge in [0.05, 0.1) is 17.7 Å². The lowest BCUT2D eigenvalue weighted by Crippen LogP contribution is -2.39. The minimum absolute atomic E-state index is 0.0124. The zero-order valence-electron chi connectivity index (χ0n) is 15.4. The summed E-state index contributed by atoms with van der Waals surface area (Å²) in [4.78, 5) is 14.8. The van der Waals surface area contributed by atoms with Gasteiger partial charge in [-0.3, -0.25) is 4.79 Å². The molecule has 0 aromatic heterocycles. The Labute approximate surface area is 155 Å². The summed E-state index contributed by atoms with van der Waals surface area (Å²) in [5.41, 5.74) is 3.84. The summed E-state index contributed by atoms with van der Waals surface area (Å²) < 4.78 is 0. The lowest BCUT2D eigenvalue weighted by Gasteiger charge is -2.29. The van der Waals surface area contributed by atoms with Crippen LogP contribution in [0.2, 0.25) is 0 Å². The van der Waals surface area contributed by atoms with Crippen molar-refractivity contribution >= 4 is 5.91 Å². The Balaban J connectivity index is 1.64. The Bertz CT molecular complexity index is 799. The van der Waals surface area contributed by atoms with Crippen LogP contribution in [0.3, 0.4) is 0 Å². The van der Waals surface area contributed by atoms with E-state index in [-0.39, 0.29) is 17.9 Å². The number of hydrogen-bond acceptors (Lipinski definition) is 3. The van der Waals surface area contributed by atoms with Crippen molar-refractivity contribution in [1.82, 2.24) is 10.2 Å². The van der Waals surface area contributed by atoms with E-state index in [9.17, 15) is 4.79 Å². The van der Waals surface area contributed by atoms with Gasteiger partial charge in [-0.25, -0.2) is 0 Å². The number of nitrogens with one attached hydrogen (secondary N) is 1. The first-order valence-corrected chi connectivity index (χ1v) is 9.16. The fraction of sp³-hybridized carbons (Fsp3) is 0.364. The number of rotatable bonds is 4. The van der Waals surface area contributed by atoms with E-state index in [4.69, 9.17) is 5.26 Å². The monoisotopic (exact) mass is 347 g/mol. The summed E-state index contributed by atoms with van der Waals surface area (Å²) in [5.74, 6) is 0.290. The number of piperidine rings is 1. The van der Waals surface area contributed by atoms with E-state index in [0.717, 1.165) is 42.6 Å². The molecule has 0 radical (unpaired) electrons. The molecule has 0 spiro atoms. The van der Waals surface area contributed by atoms with Crippen molar-refractivity contribution < 1.29 is 4.79 Å². The summed E-state index contributed by atoms with van der Waals surface area (Å²) in [7, 11) is 2.10. The third kappa shape index (κ3) is 4.30. The second-order valence-electron chi connectivity index (χ2n) is 7.12. The molecule has 0 aliphatic carbocycles. The van der Waals surface area contributed by atoms with E-state index in [1.807, 2.05) is 49.4 Å². The van der Waals surface area contributed by atoms with Crippen LogP contribution in [0.1, 0.15) is 36.9 Å². The maximum Gasteiger partial charge on any atom is 0.223 e. The van der Waals surface area contributed by atoms with Crippen LogP contribution in [-0.2, 0) is 4.79 Å². The van der Waals surface area contributed by atoms with E-state index in [2.05, 4.69) is 23.3 Å². The smallest absolute Gasteiger partial charge is 0.223 e. The van der Waals surface area contributed by atoms with Gasteiger partial charge in [-0.1, -0.05) is 36.4 Å². The number of carbonyl (C=O) groups excluding carboxylic acids is 1. The van der Waals surface area contributed by atoms with Gasteiger partial charge in [0.25, 0.3) is 0 Å². The Morgan fingerprint density at radius 1 is 1.15 bits per heavy atom. The van der Waals surface area contributed by atoms with Gasteiger partial charge in [0.15, 0.2) is 0 Å². The van der Waals surface area contributed by atoms with Crippen LogP contribution in [0.15, 0.2) is 48.5 Å². The third-order valence-electron chi connectivity index (χ3n) is 5.18. The van der Waals surface area contributed by atoms with Crippen LogP contribution >= 0.6 is 0 Å².